The van der Waals surface area contributed by atoms with E-state index in [4.69, 9.17) is 0 Å². The minimum atomic E-state index is 0.164. The van der Waals surface area contributed by atoms with Crippen molar-refractivity contribution in [2.24, 2.45) is 13.0 Å². The zero-order valence-electron chi connectivity index (χ0n) is 11.9. The van der Waals surface area contributed by atoms with Crippen LogP contribution in [0.4, 0.5) is 0 Å². The van der Waals surface area contributed by atoms with Crippen molar-refractivity contribution in [1.29, 1.82) is 0 Å². The molecule has 21 heavy (non-hydrogen) atoms. The number of hydrogen-bond acceptors (Lipinski definition) is 2. The fourth-order valence-corrected chi connectivity index (χ4v) is 4.82. The van der Waals surface area contributed by atoms with Gasteiger partial charge in [-0.25, -0.2) is 0 Å². The largest absolute Gasteiger partial charge is 0.345 e. The van der Waals surface area contributed by atoms with Crippen molar-refractivity contribution in [3.8, 4) is 0 Å². The molecule has 110 valence electrons. The van der Waals surface area contributed by atoms with Gasteiger partial charge in [0.05, 0.1) is 6.04 Å². The first-order chi connectivity index (χ1) is 10.1. The van der Waals surface area contributed by atoms with Crippen molar-refractivity contribution in [3.63, 3.8) is 0 Å². The van der Waals surface area contributed by atoms with Crippen LogP contribution in [0.2, 0.25) is 0 Å². The summed E-state index contributed by atoms with van der Waals surface area (Å²) in [5.41, 5.74) is 2.17. The summed E-state index contributed by atoms with van der Waals surface area (Å²) >= 11 is 5.30. The highest BCUT2D eigenvalue weighted by Crippen LogP contribution is 2.48. The number of thiophene rings is 1. The summed E-state index contributed by atoms with van der Waals surface area (Å²) in [5.74, 6) is 0.822. The molecule has 1 saturated carbocycles. The molecule has 1 fully saturated rings. The Bertz CT molecular complexity index is 701. The lowest BCUT2D eigenvalue weighted by Gasteiger charge is -2.36. The molecule has 2 aromatic heterocycles. The molecule has 2 aromatic rings. The molecule has 0 N–H and O–H groups in total. The van der Waals surface area contributed by atoms with Crippen LogP contribution < -0.4 is 0 Å². The third-order valence-electron chi connectivity index (χ3n) is 4.53. The predicted octanol–water partition coefficient (Wildman–Crippen LogP) is 4.00. The van der Waals surface area contributed by atoms with Gasteiger partial charge in [-0.05, 0) is 64.2 Å². The van der Waals surface area contributed by atoms with Crippen LogP contribution in [0.1, 0.15) is 39.8 Å². The van der Waals surface area contributed by atoms with E-state index in [9.17, 15) is 4.79 Å². The number of hydrogen-bond donors (Lipinski definition) is 0. The molecule has 1 atom stereocenters. The van der Waals surface area contributed by atoms with Crippen LogP contribution in [0.25, 0.3) is 0 Å². The van der Waals surface area contributed by atoms with E-state index in [2.05, 4.69) is 32.3 Å². The van der Waals surface area contributed by atoms with Crippen molar-refractivity contribution in [2.75, 3.05) is 6.54 Å². The zero-order chi connectivity index (χ0) is 14.6. The molecule has 3 heterocycles. The summed E-state index contributed by atoms with van der Waals surface area (Å²) in [6, 6.07) is 4.44. The number of carbonyl (C=O) groups excluding carboxylic acids is 1. The Kier molecular flexibility index (Phi) is 3.23. The Balaban J connectivity index is 1.71. The molecule has 5 heteroatoms. The van der Waals surface area contributed by atoms with Gasteiger partial charge in [0, 0.05) is 29.1 Å². The first kappa shape index (κ1) is 13.6. The molecule has 0 spiro atoms. The molecular formula is C16H17BrN2OS. The second-order valence-electron chi connectivity index (χ2n) is 5.98. The summed E-state index contributed by atoms with van der Waals surface area (Å²) in [5, 5.41) is 2.17. The highest BCUT2D eigenvalue weighted by molar-refractivity contribution is 9.10. The van der Waals surface area contributed by atoms with Crippen molar-refractivity contribution in [2.45, 2.75) is 25.3 Å². The zero-order valence-corrected chi connectivity index (χ0v) is 14.3. The van der Waals surface area contributed by atoms with Gasteiger partial charge < -0.3 is 9.47 Å². The molecule has 3 nitrogen and oxygen atoms in total. The Morgan fingerprint density at radius 3 is 2.90 bits per heavy atom. The molecule has 0 radical (unpaired) electrons. The number of fused-ring (bicyclic) bond motifs is 1. The highest BCUT2D eigenvalue weighted by Gasteiger charge is 2.42. The lowest BCUT2D eigenvalue weighted by Crippen LogP contribution is -2.41. The second kappa shape index (κ2) is 4.99. The number of nitrogens with zero attached hydrogens (tertiary/aromatic N) is 2. The van der Waals surface area contributed by atoms with Crippen LogP contribution >= 0.6 is 27.3 Å². The molecule has 0 bridgehead atoms. The van der Waals surface area contributed by atoms with Crippen LogP contribution in [0.5, 0.6) is 0 Å². The smallest absolute Gasteiger partial charge is 0.271 e. The summed E-state index contributed by atoms with van der Waals surface area (Å²) in [7, 11) is 1.93. The van der Waals surface area contributed by atoms with E-state index in [0.717, 1.165) is 23.1 Å². The minimum Gasteiger partial charge on any atom is -0.345 e. The molecule has 1 aliphatic heterocycles. The van der Waals surface area contributed by atoms with Gasteiger partial charge in [-0.1, -0.05) is 0 Å². The van der Waals surface area contributed by atoms with Gasteiger partial charge in [-0.2, -0.15) is 0 Å². The summed E-state index contributed by atoms with van der Waals surface area (Å²) < 4.78 is 2.88. The Hall–Kier alpha value is -1.07. The van der Waals surface area contributed by atoms with Gasteiger partial charge in [-0.3, -0.25) is 4.79 Å². The minimum absolute atomic E-state index is 0.164. The Labute approximate surface area is 136 Å². The molecule has 1 amide bonds. The number of aromatic nitrogens is 1. The summed E-state index contributed by atoms with van der Waals surface area (Å²) in [6.07, 6.45) is 5.44. The Morgan fingerprint density at radius 2 is 2.24 bits per heavy atom. The monoisotopic (exact) mass is 364 g/mol. The molecule has 0 aromatic carbocycles. The van der Waals surface area contributed by atoms with E-state index >= 15 is 0 Å². The van der Waals surface area contributed by atoms with Crippen molar-refractivity contribution >= 4 is 33.2 Å². The number of amides is 1. The van der Waals surface area contributed by atoms with E-state index in [1.165, 1.54) is 23.3 Å². The van der Waals surface area contributed by atoms with Crippen LogP contribution in [-0.4, -0.2) is 21.9 Å². The maximum atomic E-state index is 13.0. The van der Waals surface area contributed by atoms with Gasteiger partial charge in [0.1, 0.15) is 5.69 Å². The third kappa shape index (κ3) is 2.27. The maximum Gasteiger partial charge on any atom is 0.271 e. The number of halogens is 1. The number of carbonyl (C=O) groups is 1. The first-order valence-electron chi connectivity index (χ1n) is 7.34. The van der Waals surface area contributed by atoms with E-state index in [1.54, 1.807) is 0 Å². The van der Waals surface area contributed by atoms with E-state index in [1.807, 2.05) is 35.2 Å². The van der Waals surface area contributed by atoms with Crippen LogP contribution in [-0.2, 0) is 13.5 Å². The number of rotatable bonds is 2. The van der Waals surface area contributed by atoms with Crippen molar-refractivity contribution in [1.82, 2.24) is 9.47 Å². The van der Waals surface area contributed by atoms with Gasteiger partial charge >= 0.3 is 0 Å². The average Bonchev–Trinajstić information content (AvgIpc) is 3.08. The van der Waals surface area contributed by atoms with Crippen LogP contribution in [0.15, 0.2) is 28.2 Å². The SMILES string of the molecule is Cn1cc(Br)cc1C(=O)N1CCc2sccc2C1C1CC1. The van der Waals surface area contributed by atoms with Crippen molar-refractivity contribution in [3.05, 3.63) is 44.3 Å². The van der Waals surface area contributed by atoms with E-state index < -0.39 is 0 Å². The molecule has 0 saturated heterocycles. The molecular weight excluding hydrogens is 348 g/mol. The lowest BCUT2D eigenvalue weighted by atomic mass is 9.95. The summed E-state index contributed by atoms with van der Waals surface area (Å²) in [4.78, 5) is 16.6. The molecule has 2 aliphatic rings. The fourth-order valence-electron chi connectivity index (χ4n) is 3.38. The highest BCUT2D eigenvalue weighted by atomic mass is 79.9. The van der Waals surface area contributed by atoms with Crippen LogP contribution in [0, 0.1) is 5.92 Å². The van der Waals surface area contributed by atoms with E-state index in [0.29, 0.717) is 12.0 Å². The molecule has 4 rings (SSSR count). The second-order valence-corrected chi connectivity index (χ2v) is 7.90. The van der Waals surface area contributed by atoms with E-state index in [-0.39, 0.29) is 5.91 Å². The summed E-state index contributed by atoms with van der Waals surface area (Å²) in [6.45, 7) is 0.844. The number of aryl methyl sites for hydroxylation is 1. The topological polar surface area (TPSA) is 25.2 Å². The first-order valence-corrected chi connectivity index (χ1v) is 9.01. The van der Waals surface area contributed by atoms with Gasteiger partial charge in [0.25, 0.3) is 5.91 Å². The molecule has 1 aliphatic carbocycles. The average molecular weight is 365 g/mol. The standard InChI is InChI=1S/C16H17BrN2OS/c1-18-9-11(17)8-13(18)16(20)19-6-4-14-12(5-7-21-14)15(19)10-2-3-10/h5,7-10,15H,2-4,6H2,1H3. The molecule has 1 unspecified atom stereocenters. The van der Waals surface area contributed by atoms with Crippen LogP contribution in [0.3, 0.4) is 0 Å². The lowest BCUT2D eigenvalue weighted by molar-refractivity contribution is 0.0627. The van der Waals surface area contributed by atoms with Gasteiger partial charge in [-0.15, -0.1) is 11.3 Å². The quantitative estimate of drug-likeness (QED) is 0.790. The van der Waals surface area contributed by atoms with Gasteiger partial charge in [0.2, 0.25) is 0 Å². The predicted molar refractivity (Wildman–Crippen MR) is 87.6 cm³/mol. The normalized spacial score (nSPS) is 21.4. The van der Waals surface area contributed by atoms with Gasteiger partial charge in [0.15, 0.2) is 0 Å². The maximum absolute atomic E-state index is 13.0. The third-order valence-corrected chi connectivity index (χ3v) is 5.96. The van der Waals surface area contributed by atoms with Crippen molar-refractivity contribution < 1.29 is 4.79 Å². The Morgan fingerprint density at radius 1 is 1.43 bits per heavy atom. The fraction of sp³-hybridized carbons (Fsp3) is 0.438.